The molecule has 2 aromatic rings. The number of alkyl halides is 4. The SMILES string of the molecule is Oc1ccc(C2CCC3C(c4ncc(C5=CCNC5)[nH]4)NNC3C2F)c(CC(F)(F)F)c1. The molecule has 0 radical (unpaired) electrons. The zero-order chi connectivity index (χ0) is 22.5. The molecular formula is C22H25F4N5O. The van der Waals surface area contributed by atoms with E-state index >= 15 is 4.39 Å². The molecule has 0 amide bonds. The number of fused-ring (bicyclic) bond motifs is 1. The van der Waals surface area contributed by atoms with E-state index in [9.17, 15) is 18.3 Å². The van der Waals surface area contributed by atoms with Crippen LogP contribution in [0.3, 0.4) is 0 Å². The van der Waals surface area contributed by atoms with Crippen LogP contribution >= 0.6 is 0 Å². The molecule has 5 rings (SSSR count). The van der Waals surface area contributed by atoms with Crippen molar-refractivity contribution in [3.05, 3.63) is 53.1 Å². The number of imidazole rings is 1. The van der Waals surface area contributed by atoms with Gasteiger partial charge in [-0.25, -0.2) is 14.8 Å². The lowest BCUT2D eigenvalue weighted by atomic mass is 9.71. The summed E-state index contributed by atoms with van der Waals surface area (Å²) in [5.41, 5.74) is 8.50. The molecule has 5 atom stereocenters. The molecule has 2 aliphatic heterocycles. The van der Waals surface area contributed by atoms with Crippen molar-refractivity contribution < 1.29 is 22.7 Å². The van der Waals surface area contributed by atoms with Gasteiger partial charge in [-0.2, -0.15) is 13.2 Å². The van der Waals surface area contributed by atoms with Gasteiger partial charge in [0, 0.05) is 24.9 Å². The first-order valence-corrected chi connectivity index (χ1v) is 10.8. The molecule has 10 heteroatoms. The summed E-state index contributed by atoms with van der Waals surface area (Å²) < 4.78 is 54.9. The van der Waals surface area contributed by atoms with E-state index in [1.165, 1.54) is 12.1 Å². The van der Waals surface area contributed by atoms with Crippen molar-refractivity contribution in [2.45, 2.75) is 49.6 Å². The van der Waals surface area contributed by atoms with Crippen LogP contribution in [-0.2, 0) is 6.42 Å². The Morgan fingerprint density at radius 1 is 1.16 bits per heavy atom. The molecule has 1 aliphatic carbocycles. The number of phenolic OH excluding ortho intramolecular Hbond substituents is 1. The average molecular weight is 451 g/mol. The molecule has 1 aromatic carbocycles. The number of nitrogens with zero attached hydrogens (tertiary/aromatic N) is 1. The molecule has 6 nitrogen and oxygen atoms in total. The van der Waals surface area contributed by atoms with Gasteiger partial charge in [0.25, 0.3) is 0 Å². The van der Waals surface area contributed by atoms with E-state index in [1.807, 2.05) is 0 Å². The number of hydrazine groups is 1. The molecule has 3 heterocycles. The molecule has 0 spiro atoms. The van der Waals surface area contributed by atoms with Crippen LogP contribution in [0.5, 0.6) is 5.75 Å². The largest absolute Gasteiger partial charge is 0.508 e. The maximum Gasteiger partial charge on any atom is 0.393 e. The normalized spacial score (nSPS) is 30.4. The number of aromatic hydroxyl groups is 1. The van der Waals surface area contributed by atoms with Crippen LogP contribution < -0.4 is 16.2 Å². The lowest BCUT2D eigenvalue weighted by Gasteiger charge is -2.37. The van der Waals surface area contributed by atoms with E-state index in [4.69, 9.17) is 0 Å². The van der Waals surface area contributed by atoms with Crippen LogP contribution in [0, 0.1) is 5.92 Å². The second-order valence-electron chi connectivity index (χ2n) is 8.80. The number of phenols is 1. The smallest absolute Gasteiger partial charge is 0.393 e. The second-order valence-corrected chi connectivity index (χ2v) is 8.80. The quantitative estimate of drug-likeness (QED) is 0.461. The van der Waals surface area contributed by atoms with Crippen molar-refractivity contribution in [2.24, 2.45) is 5.92 Å². The summed E-state index contributed by atoms with van der Waals surface area (Å²) >= 11 is 0. The van der Waals surface area contributed by atoms with E-state index < -0.39 is 30.7 Å². The lowest BCUT2D eigenvalue weighted by molar-refractivity contribution is -0.127. The highest BCUT2D eigenvalue weighted by molar-refractivity contribution is 5.65. The maximum absolute atomic E-state index is 15.6. The van der Waals surface area contributed by atoms with Gasteiger partial charge in [0.15, 0.2) is 0 Å². The monoisotopic (exact) mass is 451 g/mol. The van der Waals surface area contributed by atoms with Crippen LogP contribution in [0.1, 0.15) is 47.4 Å². The summed E-state index contributed by atoms with van der Waals surface area (Å²) in [6, 6.07) is 3.09. The Balaban J connectivity index is 1.35. The van der Waals surface area contributed by atoms with Crippen molar-refractivity contribution in [3.8, 4) is 5.75 Å². The third-order valence-corrected chi connectivity index (χ3v) is 6.79. The highest BCUT2D eigenvalue weighted by atomic mass is 19.4. The van der Waals surface area contributed by atoms with Gasteiger partial charge in [-0.15, -0.1) is 0 Å². The first kappa shape index (κ1) is 21.4. The molecule has 0 bridgehead atoms. The molecule has 2 fully saturated rings. The van der Waals surface area contributed by atoms with Crippen LogP contribution in [0.2, 0.25) is 0 Å². The summed E-state index contributed by atoms with van der Waals surface area (Å²) in [4.78, 5) is 7.83. The molecule has 1 aromatic heterocycles. The number of benzene rings is 1. The number of hydrogen-bond acceptors (Lipinski definition) is 5. The van der Waals surface area contributed by atoms with E-state index in [-0.39, 0.29) is 23.3 Å². The Bertz CT molecular complexity index is 1020. The van der Waals surface area contributed by atoms with Gasteiger partial charge in [-0.3, -0.25) is 5.43 Å². The van der Waals surface area contributed by atoms with Crippen molar-refractivity contribution in [1.29, 1.82) is 0 Å². The first-order chi connectivity index (χ1) is 15.3. The number of halogens is 4. The number of aromatic nitrogens is 2. The van der Waals surface area contributed by atoms with E-state index in [0.717, 1.165) is 36.2 Å². The minimum absolute atomic E-state index is 0.0692. The molecule has 5 unspecified atom stereocenters. The summed E-state index contributed by atoms with van der Waals surface area (Å²) in [6.07, 6.45) is -2.08. The van der Waals surface area contributed by atoms with E-state index in [2.05, 4.69) is 32.2 Å². The van der Waals surface area contributed by atoms with Crippen molar-refractivity contribution >= 4 is 5.57 Å². The zero-order valence-electron chi connectivity index (χ0n) is 17.2. The Morgan fingerprint density at radius 2 is 2.00 bits per heavy atom. The summed E-state index contributed by atoms with van der Waals surface area (Å²) in [7, 11) is 0. The maximum atomic E-state index is 15.6. The van der Waals surface area contributed by atoms with Gasteiger partial charge in [-0.05, 0) is 41.7 Å². The number of nitrogens with one attached hydrogen (secondary N) is 4. The first-order valence-electron chi connectivity index (χ1n) is 10.8. The fourth-order valence-corrected chi connectivity index (χ4v) is 5.31. The Morgan fingerprint density at radius 3 is 2.75 bits per heavy atom. The molecule has 172 valence electrons. The van der Waals surface area contributed by atoms with Gasteiger partial charge in [0.1, 0.15) is 17.7 Å². The topological polar surface area (TPSA) is 85.0 Å². The molecular weight excluding hydrogens is 426 g/mol. The summed E-state index contributed by atoms with van der Waals surface area (Å²) in [5.74, 6) is -0.289. The van der Waals surface area contributed by atoms with Crippen molar-refractivity contribution in [1.82, 2.24) is 26.1 Å². The van der Waals surface area contributed by atoms with Gasteiger partial charge in [-0.1, -0.05) is 12.1 Å². The predicted molar refractivity (Wildman–Crippen MR) is 110 cm³/mol. The molecule has 5 N–H and O–H groups in total. The summed E-state index contributed by atoms with van der Waals surface area (Å²) in [5, 5.41) is 12.9. The fraction of sp³-hybridized carbons (Fsp3) is 0.500. The molecule has 3 aliphatic rings. The van der Waals surface area contributed by atoms with E-state index in [1.54, 1.807) is 6.20 Å². The number of aromatic amines is 1. The standard InChI is InChI=1S/C22H25F4N5O/c23-18-15(14-2-1-13(32)7-12(14)8-22(24,25)26)3-4-16-19(18)30-31-20(16)21-28-10-17(29-21)11-5-6-27-9-11/h1-2,5,7,10,15-16,18-20,27,30-32H,3-4,6,8-9H2,(H,28,29). The van der Waals surface area contributed by atoms with Gasteiger partial charge in [0.2, 0.25) is 0 Å². The molecule has 1 saturated carbocycles. The van der Waals surface area contributed by atoms with Gasteiger partial charge < -0.3 is 15.4 Å². The number of hydrogen-bond donors (Lipinski definition) is 5. The summed E-state index contributed by atoms with van der Waals surface area (Å²) in [6.45, 7) is 1.58. The predicted octanol–water partition coefficient (Wildman–Crippen LogP) is 3.26. The second kappa shape index (κ2) is 8.17. The van der Waals surface area contributed by atoms with Crippen molar-refractivity contribution in [2.75, 3.05) is 13.1 Å². The molecule has 32 heavy (non-hydrogen) atoms. The minimum atomic E-state index is -4.44. The molecule has 1 saturated heterocycles. The zero-order valence-corrected chi connectivity index (χ0v) is 17.2. The van der Waals surface area contributed by atoms with Crippen molar-refractivity contribution in [3.63, 3.8) is 0 Å². The van der Waals surface area contributed by atoms with Crippen LogP contribution in [0.4, 0.5) is 17.6 Å². The van der Waals surface area contributed by atoms with Gasteiger partial charge >= 0.3 is 6.18 Å². The Kier molecular flexibility index (Phi) is 5.47. The van der Waals surface area contributed by atoms with Gasteiger partial charge in [0.05, 0.1) is 30.4 Å². The lowest BCUT2D eigenvalue weighted by Crippen LogP contribution is -2.45. The Labute approximate surface area is 182 Å². The van der Waals surface area contributed by atoms with Crippen LogP contribution in [-0.4, -0.2) is 46.6 Å². The Hall–Kier alpha value is -2.43. The highest BCUT2D eigenvalue weighted by Crippen LogP contribution is 2.46. The third kappa shape index (κ3) is 4.02. The third-order valence-electron chi connectivity index (χ3n) is 6.79. The minimum Gasteiger partial charge on any atom is -0.508 e. The number of rotatable bonds is 4. The average Bonchev–Trinajstić information content (AvgIpc) is 3.47. The van der Waals surface area contributed by atoms with E-state index in [0.29, 0.717) is 18.4 Å². The number of H-pyrrole nitrogens is 1. The highest BCUT2D eigenvalue weighted by Gasteiger charge is 2.49. The van der Waals surface area contributed by atoms with Crippen LogP contribution in [0.15, 0.2) is 30.5 Å². The van der Waals surface area contributed by atoms with Crippen LogP contribution in [0.25, 0.3) is 5.57 Å². The fourth-order valence-electron chi connectivity index (χ4n) is 5.31.